The van der Waals surface area contributed by atoms with E-state index in [4.69, 9.17) is 11.6 Å². The van der Waals surface area contributed by atoms with E-state index in [0.717, 1.165) is 11.1 Å². The number of carbonyl (C=O) groups excluding carboxylic acids is 2. The third-order valence-corrected chi connectivity index (χ3v) is 5.31. The molecule has 0 radical (unpaired) electrons. The molecule has 0 saturated carbocycles. The second-order valence-corrected chi connectivity index (χ2v) is 8.05. The molecule has 5 heteroatoms. The molecular weight excluding hydrogens is 384 g/mol. The summed E-state index contributed by atoms with van der Waals surface area (Å²) in [5.74, 6) is 0.307. The van der Waals surface area contributed by atoms with E-state index in [1.807, 2.05) is 19.1 Å². The molecule has 1 N–H and O–H groups in total. The summed E-state index contributed by atoms with van der Waals surface area (Å²) < 4.78 is 0. The van der Waals surface area contributed by atoms with Crippen molar-refractivity contribution in [2.45, 2.75) is 59.0 Å². The van der Waals surface area contributed by atoms with E-state index in [1.54, 1.807) is 24.0 Å². The topological polar surface area (TPSA) is 49.4 Å². The van der Waals surface area contributed by atoms with Gasteiger partial charge in [0.05, 0.1) is 0 Å². The van der Waals surface area contributed by atoms with Gasteiger partial charge in [-0.05, 0) is 55.0 Å². The predicted octanol–water partition coefficient (Wildman–Crippen LogP) is 4.95. The first kappa shape index (κ1) is 23.0. The summed E-state index contributed by atoms with van der Waals surface area (Å²) in [5, 5.41) is 3.46. The highest BCUT2D eigenvalue weighted by molar-refractivity contribution is 6.30. The fourth-order valence-corrected chi connectivity index (χ4v) is 3.28. The number of aryl methyl sites for hydroxylation is 1. The van der Waals surface area contributed by atoms with Crippen molar-refractivity contribution in [3.8, 4) is 0 Å². The van der Waals surface area contributed by atoms with Crippen LogP contribution >= 0.6 is 11.6 Å². The maximum Gasteiger partial charge on any atom is 0.242 e. The van der Waals surface area contributed by atoms with Crippen molar-refractivity contribution in [3.05, 3.63) is 70.2 Å². The van der Waals surface area contributed by atoms with E-state index in [1.165, 1.54) is 5.56 Å². The Bertz CT molecular complexity index is 801. The van der Waals surface area contributed by atoms with Gasteiger partial charge in [0.15, 0.2) is 0 Å². The monoisotopic (exact) mass is 414 g/mol. The largest absolute Gasteiger partial charge is 0.355 e. The van der Waals surface area contributed by atoms with Crippen LogP contribution in [0.1, 0.15) is 56.7 Å². The highest BCUT2D eigenvalue weighted by Crippen LogP contribution is 2.18. The van der Waals surface area contributed by atoms with Gasteiger partial charge >= 0.3 is 0 Å². The molecule has 0 unspecified atom stereocenters. The lowest BCUT2D eigenvalue weighted by Gasteiger charge is -2.29. The molecule has 0 aliphatic heterocycles. The highest BCUT2D eigenvalue weighted by atomic mass is 35.5. The van der Waals surface area contributed by atoms with Gasteiger partial charge < -0.3 is 10.2 Å². The first-order valence-corrected chi connectivity index (χ1v) is 10.6. The van der Waals surface area contributed by atoms with Gasteiger partial charge in [-0.3, -0.25) is 9.59 Å². The Labute approximate surface area is 179 Å². The predicted molar refractivity (Wildman–Crippen MR) is 119 cm³/mol. The molecule has 2 amide bonds. The second-order valence-electron chi connectivity index (χ2n) is 7.61. The molecule has 0 bridgehead atoms. The Morgan fingerprint density at radius 3 is 2.10 bits per heavy atom. The van der Waals surface area contributed by atoms with E-state index >= 15 is 0 Å². The van der Waals surface area contributed by atoms with Crippen molar-refractivity contribution >= 4 is 23.4 Å². The quantitative estimate of drug-likeness (QED) is 0.631. The molecule has 2 aromatic carbocycles. The maximum atomic E-state index is 13.0. The number of hydrogen-bond acceptors (Lipinski definition) is 2. The Hall–Kier alpha value is -2.33. The summed E-state index contributed by atoms with van der Waals surface area (Å²) in [6.45, 7) is 8.88. The molecule has 0 aliphatic carbocycles. The van der Waals surface area contributed by atoms with Gasteiger partial charge in [0, 0.05) is 24.5 Å². The van der Waals surface area contributed by atoms with Gasteiger partial charge in [0.2, 0.25) is 11.8 Å². The van der Waals surface area contributed by atoms with Crippen LogP contribution in [0, 0.1) is 0 Å². The molecule has 0 heterocycles. The number of hydrogen-bond donors (Lipinski definition) is 1. The minimum atomic E-state index is -0.540. The standard InChI is InChI=1S/C24H31ClN2O2/c1-5-26-24(29)18(4)27(16-20-8-13-22(25)14-9-20)23(28)15-10-19-6-11-21(12-7-19)17(2)3/h6-9,11-14,17-18H,5,10,15-16H2,1-4H3,(H,26,29)/t18-/m1/s1. The van der Waals surface area contributed by atoms with Crippen LogP contribution in [0.2, 0.25) is 5.02 Å². The van der Waals surface area contributed by atoms with Gasteiger partial charge in [0.25, 0.3) is 0 Å². The SMILES string of the molecule is CCNC(=O)[C@@H](C)N(Cc1ccc(Cl)cc1)C(=O)CCc1ccc(C(C)C)cc1. The number of benzene rings is 2. The molecule has 2 rings (SSSR count). The Morgan fingerprint density at radius 2 is 1.55 bits per heavy atom. The van der Waals surface area contributed by atoms with Gasteiger partial charge in [-0.15, -0.1) is 0 Å². The average molecular weight is 415 g/mol. The molecule has 0 fully saturated rings. The minimum Gasteiger partial charge on any atom is -0.355 e. The molecule has 1 atom stereocenters. The molecule has 4 nitrogen and oxygen atoms in total. The molecule has 29 heavy (non-hydrogen) atoms. The number of nitrogens with zero attached hydrogens (tertiary/aromatic N) is 1. The zero-order valence-electron chi connectivity index (χ0n) is 17.7. The van der Waals surface area contributed by atoms with Crippen molar-refractivity contribution in [2.24, 2.45) is 0 Å². The Kier molecular flexibility index (Phi) is 8.71. The lowest BCUT2D eigenvalue weighted by Crippen LogP contribution is -2.47. The normalized spacial score (nSPS) is 11.9. The number of amides is 2. The number of nitrogens with one attached hydrogen (secondary N) is 1. The van der Waals surface area contributed by atoms with Gasteiger partial charge in [-0.1, -0.05) is 61.8 Å². The summed E-state index contributed by atoms with van der Waals surface area (Å²) in [6, 6.07) is 15.2. The summed E-state index contributed by atoms with van der Waals surface area (Å²) >= 11 is 5.97. The van der Waals surface area contributed by atoms with Crippen molar-refractivity contribution in [1.29, 1.82) is 0 Å². The maximum absolute atomic E-state index is 13.0. The second kappa shape index (κ2) is 11.0. The lowest BCUT2D eigenvalue weighted by molar-refractivity contribution is -0.140. The van der Waals surface area contributed by atoms with Crippen molar-refractivity contribution in [1.82, 2.24) is 10.2 Å². The smallest absolute Gasteiger partial charge is 0.242 e. The van der Waals surface area contributed by atoms with Crippen LogP contribution in [0.25, 0.3) is 0 Å². The fourth-order valence-electron chi connectivity index (χ4n) is 3.16. The van der Waals surface area contributed by atoms with Crippen LogP contribution < -0.4 is 5.32 Å². The Balaban J connectivity index is 2.10. The van der Waals surface area contributed by atoms with Crippen molar-refractivity contribution < 1.29 is 9.59 Å². The van der Waals surface area contributed by atoms with Crippen LogP contribution in [0.4, 0.5) is 0 Å². The van der Waals surface area contributed by atoms with Crippen LogP contribution in [0.15, 0.2) is 48.5 Å². The number of halogens is 1. The van der Waals surface area contributed by atoms with Gasteiger partial charge in [-0.2, -0.15) is 0 Å². The average Bonchev–Trinajstić information content (AvgIpc) is 2.71. The van der Waals surface area contributed by atoms with Crippen LogP contribution in [-0.4, -0.2) is 29.3 Å². The van der Waals surface area contributed by atoms with Crippen LogP contribution in [0.3, 0.4) is 0 Å². The van der Waals surface area contributed by atoms with Crippen molar-refractivity contribution in [2.75, 3.05) is 6.54 Å². The van der Waals surface area contributed by atoms with Gasteiger partial charge in [0.1, 0.15) is 6.04 Å². The fraction of sp³-hybridized carbons (Fsp3) is 0.417. The number of likely N-dealkylation sites (N-methyl/N-ethyl adjacent to an activating group) is 1. The Morgan fingerprint density at radius 1 is 0.966 bits per heavy atom. The zero-order chi connectivity index (χ0) is 21.4. The number of rotatable bonds is 9. The van der Waals surface area contributed by atoms with Crippen LogP contribution in [0.5, 0.6) is 0 Å². The summed E-state index contributed by atoms with van der Waals surface area (Å²) in [5.41, 5.74) is 3.36. The first-order valence-electron chi connectivity index (χ1n) is 10.2. The summed E-state index contributed by atoms with van der Waals surface area (Å²) in [6.07, 6.45) is 1.01. The minimum absolute atomic E-state index is 0.0355. The third kappa shape index (κ3) is 6.90. The van der Waals surface area contributed by atoms with Gasteiger partial charge in [-0.25, -0.2) is 0 Å². The number of carbonyl (C=O) groups is 2. The lowest BCUT2D eigenvalue weighted by atomic mass is 10.00. The molecule has 0 spiro atoms. The molecule has 0 aliphatic rings. The van der Waals surface area contributed by atoms with E-state index in [-0.39, 0.29) is 11.8 Å². The third-order valence-electron chi connectivity index (χ3n) is 5.06. The summed E-state index contributed by atoms with van der Waals surface area (Å²) in [4.78, 5) is 27.1. The van der Waals surface area contributed by atoms with Crippen molar-refractivity contribution in [3.63, 3.8) is 0 Å². The first-order chi connectivity index (χ1) is 13.8. The molecule has 0 saturated heterocycles. The molecule has 0 aromatic heterocycles. The highest BCUT2D eigenvalue weighted by Gasteiger charge is 2.25. The van der Waals surface area contributed by atoms with E-state index in [2.05, 4.69) is 43.4 Å². The van der Waals surface area contributed by atoms with E-state index < -0.39 is 6.04 Å². The van der Waals surface area contributed by atoms with E-state index in [0.29, 0.717) is 36.9 Å². The van der Waals surface area contributed by atoms with Crippen LogP contribution in [-0.2, 0) is 22.6 Å². The molecule has 2 aromatic rings. The molecule has 156 valence electrons. The zero-order valence-corrected chi connectivity index (χ0v) is 18.5. The van der Waals surface area contributed by atoms with E-state index in [9.17, 15) is 9.59 Å². The molecular formula is C24H31ClN2O2. The summed E-state index contributed by atoms with van der Waals surface area (Å²) in [7, 11) is 0.